The van der Waals surface area contributed by atoms with Crippen LogP contribution >= 0.6 is 0 Å². The number of hydrogen-bond acceptors (Lipinski definition) is 2. The molecule has 0 radical (unpaired) electrons. The number of carbonyl (C=O) groups is 2. The van der Waals surface area contributed by atoms with Crippen LogP contribution in [0.4, 0.5) is 4.79 Å². The normalized spacial score (nSPS) is 28.4. The predicted octanol–water partition coefficient (Wildman–Crippen LogP) is 2.07. The Morgan fingerprint density at radius 3 is 2.58 bits per heavy atom. The fourth-order valence-electron chi connectivity index (χ4n) is 3.36. The molecule has 3 atom stereocenters. The summed E-state index contributed by atoms with van der Waals surface area (Å²) in [7, 11) is 0. The number of carbonyl (C=O) groups excluding carboxylic acids is 1. The van der Waals surface area contributed by atoms with Gasteiger partial charge in [-0.1, -0.05) is 26.2 Å². The molecule has 2 rings (SSSR count). The van der Waals surface area contributed by atoms with Crippen molar-refractivity contribution in [1.82, 2.24) is 10.2 Å². The van der Waals surface area contributed by atoms with Crippen molar-refractivity contribution in [1.29, 1.82) is 0 Å². The molecule has 2 aliphatic rings. The second-order valence-corrected chi connectivity index (χ2v) is 5.79. The summed E-state index contributed by atoms with van der Waals surface area (Å²) >= 11 is 0. The first-order chi connectivity index (χ1) is 9.11. The first-order valence-corrected chi connectivity index (χ1v) is 7.40. The summed E-state index contributed by atoms with van der Waals surface area (Å²) in [6, 6.07) is -0.977. The Morgan fingerprint density at radius 2 is 1.95 bits per heavy atom. The predicted molar refractivity (Wildman–Crippen MR) is 71.9 cm³/mol. The highest BCUT2D eigenvalue weighted by molar-refractivity contribution is 5.82. The lowest BCUT2D eigenvalue weighted by molar-refractivity contribution is -0.139. The SMILES string of the molecule is CC[C@H](NC(=O)N1CCC2CCCCC2C1)C(=O)O. The van der Waals surface area contributed by atoms with Crippen molar-refractivity contribution in [3.63, 3.8) is 0 Å². The van der Waals surface area contributed by atoms with Gasteiger partial charge in [-0.05, 0) is 31.1 Å². The molecule has 0 spiro atoms. The van der Waals surface area contributed by atoms with E-state index >= 15 is 0 Å². The van der Waals surface area contributed by atoms with Crippen LogP contribution in [-0.2, 0) is 4.79 Å². The average Bonchev–Trinajstić information content (AvgIpc) is 2.43. The van der Waals surface area contributed by atoms with E-state index in [0.717, 1.165) is 25.4 Å². The number of rotatable bonds is 3. The molecule has 0 bridgehead atoms. The Balaban J connectivity index is 1.88. The summed E-state index contributed by atoms with van der Waals surface area (Å²) in [5.74, 6) is 0.445. The zero-order chi connectivity index (χ0) is 13.8. The maximum Gasteiger partial charge on any atom is 0.326 e. The van der Waals surface area contributed by atoms with Crippen LogP contribution in [0.15, 0.2) is 0 Å². The topological polar surface area (TPSA) is 69.6 Å². The summed E-state index contributed by atoms with van der Waals surface area (Å²) in [5, 5.41) is 11.6. The number of hydrogen-bond donors (Lipinski definition) is 2. The van der Waals surface area contributed by atoms with Crippen molar-refractivity contribution in [2.45, 2.75) is 51.5 Å². The Labute approximate surface area is 114 Å². The number of amides is 2. The zero-order valence-electron chi connectivity index (χ0n) is 11.6. The van der Waals surface area contributed by atoms with Crippen LogP contribution in [0.2, 0.25) is 0 Å². The molecule has 1 aliphatic heterocycles. The molecule has 2 amide bonds. The van der Waals surface area contributed by atoms with E-state index in [1.165, 1.54) is 25.7 Å². The van der Waals surface area contributed by atoms with Crippen LogP contribution in [0.3, 0.4) is 0 Å². The number of carboxylic acids is 1. The Bertz CT molecular complexity index is 346. The fourth-order valence-corrected chi connectivity index (χ4v) is 3.36. The molecule has 0 aromatic heterocycles. The van der Waals surface area contributed by atoms with Gasteiger partial charge in [0.05, 0.1) is 0 Å². The molecule has 5 nitrogen and oxygen atoms in total. The van der Waals surface area contributed by atoms with Crippen LogP contribution < -0.4 is 5.32 Å². The minimum atomic E-state index is -0.955. The van der Waals surface area contributed by atoms with E-state index < -0.39 is 12.0 Å². The molecule has 108 valence electrons. The van der Waals surface area contributed by atoms with Gasteiger partial charge in [0, 0.05) is 13.1 Å². The van der Waals surface area contributed by atoms with Crippen LogP contribution in [0.1, 0.15) is 45.4 Å². The maximum absolute atomic E-state index is 12.1. The third-order valence-corrected chi connectivity index (χ3v) is 4.58. The summed E-state index contributed by atoms with van der Waals surface area (Å²) in [5.41, 5.74) is 0. The standard InChI is InChI=1S/C14H24N2O3/c1-2-12(13(17)18)15-14(19)16-8-7-10-5-3-4-6-11(10)9-16/h10-12H,2-9H2,1H3,(H,15,19)(H,17,18)/t10?,11?,12-/m0/s1. The van der Waals surface area contributed by atoms with Gasteiger partial charge in [0.1, 0.15) is 6.04 Å². The molecule has 2 N–H and O–H groups in total. The smallest absolute Gasteiger partial charge is 0.326 e. The fraction of sp³-hybridized carbons (Fsp3) is 0.857. The Kier molecular flexibility index (Phi) is 4.66. The minimum Gasteiger partial charge on any atom is -0.480 e. The third-order valence-electron chi connectivity index (χ3n) is 4.58. The van der Waals surface area contributed by atoms with Gasteiger partial charge in [-0.15, -0.1) is 0 Å². The summed E-state index contributed by atoms with van der Waals surface area (Å²) < 4.78 is 0. The van der Waals surface area contributed by atoms with Crippen molar-refractivity contribution in [2.24, 2.45) is 11.8 Å². The first kappa shape index (κ1) is 14.2. The second kappa shape index (κ2) is 6.26. The quantitative estimate of drug-likeness (QED) is 0.823. The molecule has 1 heterocycles. The van der Waals surface area contributed by atoms with E-state index in [2.05, 4.69) is 5.32 Å². The first-order valence-electron chi connectivity index (χ1n) is 7.40. The molecule has 0 aromatic rings. The van der Waals surface area contributed by atoms with Crippen molar-refractivity contribution in [2.75, 3.05) is 13.1 Å². The largest absolute Gasteiger partial charge is 0.480 e. The highest BCUT2D eigenvalue weighted by Crippen LogP contribution is 2.35. The molecule has 1 saturated carbocycles. The molecule has 0 aromatic carbocycles. The molecule has 2 fully saturated rings. The lowest BCUT2D eigenvalue weighted by atomic mass is 9.75. The van der Waals surface area contributed by atoms with Crippen LogP contribution in [0, 0.1) is 11.8 Å². The summed E-state index contributed by atoms with van der Waals surface area (Å²) in [6.45, 7) is 3.34. The average molecular weight is 268 g/mol. The van der Waals surface area contributed by atoms with E-state index in [1.54, 1.807) is 11.8 Å². The van der Waals surface area contributed by atoms with Crippen molar-refractivity contribution < 1.29 is 14.7 Å². The van der Waals surface area contributed by atoms with Crippen molar-refractivity contribution >= 4 is 12.0 Å². The number of aliphatic carboxylic acids is 1. The molecule has 2 unspecified atom stereocenters. The number of urea groups is 1. The van der Waals surface area contributed by atoms with E-state index in [0.29, 0.717) is 12.3 Å². The van der Waals surface area contributed by atoms with E-state index in [-0.39, 0.29) is 6.03 Å². The summed E-state index contributed by atoms with van der Waals surface area (Å²) in [4.78, 5) is 24.8. The number of nitrogens with one attached hydrogen (secondary N) is 1. The highest BCUT2D eigenvalue weighted by atomic mass is 16.4. The van der Waals surface area contributed by atoms with Crippen molar-refractivity contribution in [3.05, 3.63) is 0 Å². The lowest BCUT2D eigenvalue weighted by Gasteiger charge is -2.41. The molecule has 19 heavy (non-hydrogen) atoms. The number of fused-ring (bicyclic) bond motifs is 1. The molecular weight excluding hydrogens is 244 g/mol. The molecule has 1 aliphatic carbocycles. The molecule has 1 saturated heterocycles. The van der Waals surface area contributed by atoms with Crippen LogP contribution in [-0.4, -0.2) is 41.1 Å². The van der Waals surface area contributed by atoms with Gasteiger partial charge in [-0.3, -0.25) is 0 Å². The zero-order valence-corrected chi connectivity index (χ0v) is 11.6. The molecule has 5 heteroatoms. The van der Waals surface area contributed by atoms with Gasteiger partial charge in [-0.2, -0.15) is 0 Å². The van der Waals surface area contributed by atoms with Gasteiger partial charge in [0.15, 0.2) is 0 Å². The molecular formula is C14H24N2O3. The highest BCUT2D eigenvalue weighted by Gasteiger charge is 2.33. The monoisotopic (exact) mass is 268 g/mol. The van der Waals surface area contributed by atoms with Gasteiger partial charge in [-0.25, -0.2) is 9.59 Å². The second-order valence-electron chi connectivity index (χ2n) is 5.79. The van der Waals surface area contributed by atoms with Gasteiger partial charge in [0.2, 0.25) is 0 Å². The van der Waals surface area contributed by atoms with Crippen molar-refractivity contribution in [3.8, 4) is 0 Å². The third kappa shape index (κ3) is 3.39. The van der Waals surface area contributed by atoms with E-state index in [1.807, 2.05) is 0 Å². The number of likely N-dealkylation sites (tertiary alicyclic amines) is 1. The Hall–Kier alpha value is -1.26. The van der Waals surface area contributed by atoms with Crippen LogP contribution in [0.5, 0.6) is 0 Å². The van der Waals surface area contributed by atoms with Gasteiger partial charge in [0.25, 0.3) is 0 Å². The van der Waals surface area contributed by atoms with Gasteiger partial charge < -0.3 is 15.3 Å². The Morgan fingerprint density at radius 1 is 1.26 bits per heavy atom. The number of nitrogens with zero attached hydrogens (tertiary/aromatic N) is 1. The summed E-state index contributed by atoms with van der Waals surface area (Å²) in [6.07, 6.45) is 6.59. The van der Waals surface area contributed by atoms with E-state index in [9.17, 15) is 9.59 Å². The van der Waals surface area contributed by atoms with Crippen LogP contribution in [0.25, 0.3) is 0 Å². The van der Waals surface area contributed by atoms with Gasteiger partial charge >= 0.3 is 12.0 Å². The minimum absolute atomic E-state index is 0.210. The number of carboxylic acid groups (broad SMARTS) is 1. The van der Waals surface area contributed by atoms with E-state index in [4.69, 9.17) is 5.11 Å². The maximum atomic E-state index is 12.1. The number of piperidine rings is 1. The lowest BCUT2D eigenvalue weighted by Crippen LogP contribution is -2.52.